The summed E-state index contributed by atoms with van der Waals surface area (Å²) in [5, 5.41) is 29.4. The maximum absolute atomic E-state index is 12.7. The van der Waals surface area contributed by atoms with Crippen molar-refractivity contribution in [2.45, 2.75) is 26.3 Å². The first-order valence-electron chi connectivity index (χ1n) is 9.23. The van der Waals surface area contributed by atoms with Crippen molar-refractivity contribution in [3.8, 4) is 5.75 Å². The van der Waals surface area contributed by atoms with E-state index in [0.29, 0.717) is 17.3 Å². The number of nitro benzene ring substituents is 1. The van der Waals surface area contributed by atoms with E-state index >= 15 is 0 Å². The third-order valence-electron chi connectivity index (χ3n) is 4.40. The Labute approximate surface area is 170 Å². The van der Waals surface area contributed by atoms with Crippen molar-refractivity contribution >= 4 is 28.6 Å². The first-order chi connectivity index (χ1) is 14.4. The molecular weight excluding hydrogens is 390 g/mol. The fourth-order valence-electron chi connectivity index (χ4n) is 2.83. The number of nitro groups is 1. The summed E-state index contributed by atoms with van der Waals surface area (Å²) in [6.07, 6.45) is 2.69. The molecule has 3 rings (SSSR count). The molecule has 1 amide bonds. The van der Waals surface area contributed by atoms with Crippen LogP contribution in [0.1, 0.15) is 35.8 Å². The van der Waals surface area contributed by atoms with E-state index < -0.39 is 10.8 Å². The number of nitrogens with one attached hydrogen (secondary N) is 1. The molecule has 2 aromatic carbocycles. The second kappa shape index (κ2) is 8.95. The van der Waals surface area contributed by atoms with E-state index in [9.17, 15) is 24.8 Å². The van der Waals surface area contributed by atoms with Crippen LogP contribution in [0.3, 0.4) is 0 Å². The fraction of sp³-hybridized carbons (Fsp3) is 0.200. The number of carbonyl (C=O) groups excluding carboxylic acids is 1. The van der Waals surface area contributed by atoms with Crippen LogP contribution in [0.5, 0.6) is 5.75 Å². The molecule has 3 aromatic rings. The molecule has 2 N–H and O–H groups in total. The number of unbranched alkanes of at least 4 members (excludes halogenated alkanes) is 1. The molecule has 154 valence electrons. The molecule has 0 aliphatic carbocycles. The van der Waals surface area contributed by atoms with Gasteiger partial charge in [0, 0.05) is 29.6 Å². The number of carbonyl (C=O) groups is 1. The van der Waals surface area contributed by atoms with E-state index in [1.807, 2.05) is 6.92 Å². The van der Waals surface area contributed by atoms with Gasteiger partial charge in [0.2, 0.25) is 0 Å². The number of aryl methyl sites for hydroxylation is 1. The predicted octanol–water partition coefficient (Wildman–Crippen LogP) is 2.57. The summed E-state index contributed by atoms with van der Waals surface area (Å²) in [5.41, 5.74) is 1.88. The first kappa shape index (κ1) is 20.6. The zero-order chi connectivity index (χ0) is 21.7. The van der Waals surface area contributed by atoms with Gasteiger partial charge in [-0.2, -0.15) is 10.2 Å². The Morgan fingerprint density at radius 1 is 1.30 bits per heavy atom. The number of phenols is 1. The smallest absolute Gasteiger partial charge is 0.292 e. The Morgan fingerprint density at radius 2 is 2.03 bits per heavy atom. The number of fused-ring (bicyclic) bond motifs is 1. The van der Waals surface area contributed by atoms with Gasteiger partial charge >= 0.3 is 0 Å². The van der Waals surface area contributed by atoms with Crippen molar-refractivity contribution in [1.29, 1.82) is 0 Å². The number of hydrazone groups is 1. The number of phenolic OH excluding ortho intramolecular Hbond substituents is 1. The maximum atomic E-state index is 12.7. The number of hydrogen-bond donors (Lipinski definition) is 2. The lowest BCUT2D eigenvalue weighted by atomic mass is 10.1. The van der Waals surface area contributed by atoms with Crippen LogP contribution in [0.25, 0.3) is 10.8 Å². The Morgan fingerprint density at radius 3 is 2.73 bits per heavy atom. The van der Waals surface area contributed by atoms with Crippen molar-refractivity contribution in [3.05, 3.63) is 74.2 Å². The molecule has 0 aliphatic rings. The normalized spacial score (nSPS) is 11.1. The molecule has 0 unspecified atom stereocenters. The van der Waals surface area contributed by atoms with E-state index in [1.54, 1.807) is 24.3 Å². The Balaban J connectivity index is 1.91. The van der Waals surface area contributed by atoms with E-state index in [4.69, 9.17) is 0 Å². The second-order valence-electron chi connectivity index (χ2n) is 6.48. The highest BCUT2D eigenvalue weighted by atomic mass is 16.6. The van der Waals surface area contributed by atoms with Crippen molar-refractivity contribution in [1.82, 2.24) is 15.2 Å². The van der Waals surface area contributed by atoms with Gasteiger partial charge in [0.05, 0.1) is 16.5 Å². The zero-order valence-electron chi connectivity index (χ0n) is 16.1. The van der Waals surface area contributed by atoms with Crippen LogP contribution in [0.15, 0.2) is 52.4 Å². The van der Waals surface area contributed by atoms with Crippen molar-refractivity contribution in [2.75, 3.05) is 0 Å². The van der Waals surface area contributed by atoms with Gasteiger partial charge in [-0.15, -0.1) is 0 Å². The molecule has 0 bridgehead atoms. The summed E-state index contributed by atoms with van der Waals surface area (Å²) >= 11 is 0. The lowest BCUT2D eigenvalue weighted by molar-refractivity contribution is -0.384. The van der Waals surface area contributed by atoms with E-state index in [0.717, 1.165) is 31.2 Å². The molecule has 0 saturated carbocycles. The summed E-state index contributed by atoms with van der Waals surface area (Å²) < 4.78 is 1.26. The third-order valence-corrected chi connectivity index (χ3v) is 4.40. The van der Waals surface area contributed by atoms with Crippen molar-refractivity contribution < 1.29 is 14.8 Å². The number of benzene rings is 2. The fourth-order valence-corrected chi connectivity index (χ4v) is 2.83. The number of amides is 1. The predicted molar refractivity (Wildman–Crippen MR) is 111 cm³/mol. The van der Waals surface area contributed by atoms with Gasteiger partial charge in [0.1, 0.15) is 5.75 Å². The number of aromatic nitrogens is 2. The van der Waals surface area contributed by atoms with Gasteiger partial charge in [-0.25, -0.2) is 10.1 Å². The average molecular weight is 409 g/mol. The van der Waals surface area contributed by atoms with Crippen molar-refractivity contribution in [2.24, 2.45) is 5.10 Å². The van der Waals surface area contributed by atoms with E-state index in [2.05, 4.69) is 15.6 Å². The minimum Gasteiger partial charge on any atom is -0.507 e. The molecule has 10 nitrogen and oxygen atoms in total. The van der Waals surface area contributed by atoms with Gasteiger partial charge < -0.3 is 5.11 Å². The lowest BCUT2D eigenvalue weighted by Crippen LogP contribution is -2.29. The van der Waals surface area contributed by atoms with Crippen molar-refractivity contribution in [3.63, 3.8) is 0 Å². The number of non-ortho nitro benzene ring substituents is 1. The molecule has 0 fully saturated rings. The third kappa shape index (κ3) is 4.32. The second-order valence-corrected chi connectivity index (χ2v) is 6.48. The van der Waals surface area contributed by atoms with Gasteiger partial charge in [-0.3, -0.25) is 19.7 Å². The van der Waals surface area contributed by atoms with Gasteiger partial charge in [0.15, 0.2) is 5.69 Å². The molecule has 30 heavy (non-hydrogen) atoms. The standard InChI is InChI=1S/C20H19N5O5/c1-2-3-10-24-20(28)16-7-5-4-6-15(16)18(23-24)19(27)22-21-12-13-11-14(25(29)30)8-9-17(13)26/h4-9,11-12,26H,2-3,10H2,1H3,(H,22,27)/b21-12-. The first-order valence-corrected chi connectivity index (χ1v) is 9.23. The molecule has 0 radical (unpaired) electrons. The summed E-state index contributed by atoms with van der Waals surface area (Å²) in [6.45, 7) is 2.36. The SMILES string of the molecule is CCCCn1nc(C(=O)N/N=C\c2cc([N+](=O)[O-])ccc2O)c2ccccc2c1=O. The maximum Gasteiger partial charge on any atom is 0.292 e. The van der Waals surface area contributed by atoms with Crippen LogP contribution in [-0.4, -0.2) is 31.9 Å². The highest BCUT2D eigenvalue weighted by molar-refractivity contribution is 6.05. The number of aromatic hydroxyl groups is 1. The quantitative estimate of drug-likeness (QED) is 0.349. The monoisotopic (exact) mass is 409 g/mol. The van der Waals surface area contributed by atoms with Crippen LogP contribution in [0, 0.1) is 10.1 Å². The molecular formula is C20H19N5O5. The van der Waals surface area contributed by atoms with Crippen LogP contribution < -0.4 is 11.0 Å². The molecule has 10 heteroatoms. The van der Waals surface area contributed by atoms with Crippen LogP contribution in [-0.2, 0) is 6.54 Å². The highest BCUT2D eigenvalue weighted by Gasteiger charge is 2.16. The molecule has 1 heterocycles. The minimum absolute atomic E-state index is 0.0294. The largest absolute Gasteiger partial charge is 0.507 e. The van der Waals surface area contributed by atoms with Gasteiger partial charge in [-0.1, -0.05) is 31.5 Å². The Kier molecular flexibility index (Phi) is 6.16. The van der Waals surface area contributed by atoms with Crippen LogP contribution in [0.4, 0.5) is 5.69 Å². The van der Waals surface area contributed by atoms with E-state index in [-0.39, 0.29) is 28.3 Å². The topological polar surface area (TPSA) is 140 Å². The van der Waals surface area contributed by atoms with Gasteiger partial charge in [-0.05, 0) is 18.6 Å². The molecule has 0 aliphatic heterocycles. The number of nitrogens with zero attached hydrogens (tertiary/aromatic N) is 4. The lowest BCUT2D eigenvalue weighted by Gasteiger charge is -2.09. The van der Waals surface area contributed by atoms with E-state index in [1.165, 1.54) is 10.7 Å². The average Bonchev–Trinajstić information content (AvgIpc) is 2.74. The number of hydrogen-bond acceptors (Lipinski definition) is 7. The molecule has 0 spiro atoms. The summed E-state index contributed by atoms with van der Waals surface area (Å²) in [6, 6.07) is 10.1. The van der Waals surface area contributed by atoms with Gasteiger partial charge in [0.25, 0.3) is 17.2 Å². The van der Waals surface area contributed by atoms with Crippen LogP contribution in [0.2, 0.25) is 0 Å². The Bertz CT molecular complexity index is 1200. The summed E-state index contributed by atoms with van der Waals surface area (Å²) in [5.74, 6) is -0.882. The highest BCUT2D eigenvalue weighted by Crippen LogP contribution is 2.21. The summed E-state index contributed by atoms with van der Waals surface area (Å²) in [4.78, 5) is 35.5. The number of rotatable bonds is 7. The Hall–Kier alpha value is -4.08. The molecule has 1 aromatic heterocycles. The summed E-state index contributed by atoms with van der Waals surface area (Å²) in [7, 11) is 0. The zero-order valence-corrected chi connectivity index (χ0v) is 16.1. The molecule has 0 saturated heterocycles. The van der Waals surface area contributed by atoms with Crippen LogP contribution >= 0.6 is 0 Å². The minimum atomic E-state index is -0.655. The molecule has 0 atom stereocenters.